The van der Waals surface area contributed by atoms with E-state index in [1.165, 1.54) is 6.42 Å². The minimum atomic E-state index is -0.831. The molecule has 2 rings (SSSR count). The maximum Gasteiger partial charge on any atom is 0.307 e. The third-order valence-corrected chi connectivity index (χ3v) is 4.77. The summed E-state index contributed by atoms with van der Waals surface area (Å²) in [4.78, 5) is 25.4. The first-order chi connectivity index (χ1) is 8.39. The van der Waals surface area contributed by atoms with Gasteiger partial charge in [-0.05, 0) is 24.2 Å². The van der Waals surface area contributed by atoms with Crippen LogP contribution < -0.4 is 0 Å². The molecule has 18 heavy (non-hydrogen) atoms. The van der Waals surface area contributed by atoms with Crippen LogP contribution >= 0.6 is 0 Å². The van der Waals surface area contributed by atoms with E-state index in [0.717, 1.165) is 25.9 Å². The van der Waals surface area contributed by atoms with Gasteiger partial charge in [0.15, 0.2) is 0 Å². The van der Waals surface area contributed by atoms with Crippen molar-refractivity contribution in [3.05, 3.63) is 0 Å². The van der Waals surface area contributed by atoms with Crippen molar-refractivity contribution in [2.24, 2.45) is 23.2 Å². The van der Waals surface area contributed by atoms with Gasteiger partial charge in [-0.2, -0.15) is 0 Å². The zero-order valence-electron chi connectivity index (χ0n) is 11.5. The Kier molecular flexibility index (Phi) is 3.39. The quantitative estimate of drug-likeness (QED) is 0.837. The van der Waals surface area contributed by atoms with Crippen molar-refractivity contribution in [1.82, 2.24) is 4.90 Å². The van der Waals surface area contributed by atoms with E-state index in [4.69, 9.17) is 5.11 Å². The van der Waals surface area contributed by atoms with Crippen LogP contribution in [0.15, 0.2) is 0 Å². The first kappa shape index (κ1) is 13.4. The fraction of sp³-hybridized carbons (Fsp3) is 0.857. The molecule has 0 radical (unpaired) electrons. The third kappa shape index (κ3) is 2.13. The lowest BCUT2D eigenvalue weighted by molar-refractivity contribution is -0.142. The minimum absolute atomic E-state index is 0.0607. The van der Waals surface area contributed by atoms with Gasteiger partial charge in [-0.1, -0.05) is 27.2 Å². The number of nitrogens with zero attached hydrogens (tertiary/aromatic N) is 1. The fourth-order valence-electron chi connectivity index (χ4n) is 3.35. The SMILES string of the molecule is CCC1CCCN(C(=O)[C@H]2[C@@H](C(=O)O)C2(C)C)C1. The highest BCUT2D eigenvalue weighted by Gasteiger charge is 2.66. The second kappa shape index (κ2) is 4.56. The van der Waals surface area contributed by atoms with Crippen molar-refractivity contribution in [2.75, 3.05) is 13.1 Å². The molecule has 3 atom stereocenters. The van der Waals surface area contributed by atoms with Crippen LogP contribution in [-0.4, -0.2) is 35.0 Å². The summed E-state index contributed by atoms with van der Waals surface area (Å²) >= 11 is 0. The number of carboxylic acids is 1. The Morgan fingerprint density at radius 3 is 2.50 bits per heavy atom. The molecule has 2 fully saturated rings. The minimum Gasteiger partial charge on any atom is -0.481 e. The lowest BCUT2D eigenvalue weighted by atomic mass is 9.95. The van der Waals surface area contributed by atoms with E-state index in [2.05, 4.69) is 6.92 Å². The van der Waals surface area contributed by atoms with Gasteiger partial charge in [-0.15, -0.1) is 0 Å². The van der Waals surface area contributed by atoms with Crippen LogP contribution in [0.3, 0.4) is 0 Å². The Bertz CT molecular complexity index is 364. The topological polar surface area (TPSA) is 57.6 Å². The van der Waals surface area contributed by atoms with Crippen molar-refractivity contribution in [3.8, 4) is 0 Å². The zero-order chi connectivity index (χ0) is 13.5. The van der Waals surface area contributed by atoms with Gasteiger partial charge in [0.05, 0.1) is 11.8 Å². The molecule has 0 bridgehead atoms. The van der Waals surface area contributed by atoms with E-state index in [0.29, 0.717) is 5.92 Å². The standard InChI is InChI=1S/C14H23NO3/c1-4-9-6-5-7-15(8-9)12(16)10-11(13(17)18)14(10,2)3/h9-11H,4-8H2,1-3H3,(H,17,18)/t9?,10-,11+/m1/s1. The molecule has 1 N–H and O–H groups in total. The van der Waals surface area contributed by atoms with Crippen molar-refractivity contribution < 1.29 is 14.7 Å². The van der Waals surface area contributed by atoms with E-state index in [9.17, 15) is 9.59 Å². The largest absolute Gasteiger partial charge is 0.481 e. The van der Waals surface area contributed by atoms with Crippen LogP contribution in [0.5, 0.6) is 0 Å². The molecule has 4 heteroatoms. The molecule has 1 aliphatic carbocycles. The highest BCUT2D eigenvalue weighted by molar-refractivity contribution is 5.91. The first-order valence-corrected chi connectivity index (χ1v) is 6.91. The Labute approximate surface area is 108 Å². The molecule has 2 aliphatic rings. The maximum atomic E-state index is 12.4. The van der Waals surface area contributed by atoms with Crippen molar-refractivity contribution in [1.29, 1.82) is 0 Å². The molecule has 1 saturated heterocycles. The van der Waals surface area contributed by atoms with Crippen LogP contribution in [0, 0.1) is 23.2 Å². The predicted octanol–water partition coefficient (Wildman–Crippen LogP) is 1.99. The van der Waals surface area contributed by atoms with E-state index >= 15 is 0 Å². The molecule has 1 amide bonds. The summed E-state index contributed by atoms with van der Waals surface area (Å²) in [6.07, 6.45) is 3.34. The maximum absolute atomic E-state index is 12.4. The van der Waals surface area contributed by atoms with Gasteiger partial charge in [0, 0.05) is 13.1 Å². The molecule has 1 aliphatic heterocycles. The van der Waals surface area contributed by atoms with E-state index in [1.807, 2.05) is 18.7 Å². The average Bonchev–Trinajstić information content (AvgIpc) is 2.91. The van der Waals surface area contributed by atoms with Crippen molar-refractivity contribution >= 4 is 11.9 Å². The van der Waals surface area contributed by atoms with Crippen LogP contribution in [0.2, 0.25) is 0 Å². The number of rotatable bonds is 3. The van der Waals surface area contributed by atoms with Gasteiger partial charge in [-0.25, -0.2) is 0 Å². The number of carbonyl (C=O) groups is 2. The van der Waals surface area contributed by atoms with Gasteiger partial charge >= 0.3 is 5.97 Å². The summed E-state index contributed by atoms with van der Waals surface area (Å²) in [7, 11) is 0. The number of piperidine rings is 1. The Hall–Kier alpha value is -1.06. The summed E-state index contributed by atoms with van der Waals surface area (Å²) < 4.78 is 0. The number of likely N-dealkylation sites (tertiary alicyclic amines) is 1. The van der Waals surface area contributed by atoms with Crippen molar-refractivity contribution in [2.45, 2.75) is 40.0 Å². The third-order valence-electron chi connectivity index (χ3n) is 4.77. The number of carbonyl (C=O) groups excluding carboxylic acids is 1. The molecule has 4 nitrogen and oxygen atoms in total. The Morgan fingerprint density at radius 2 is 2.00 bits per heavy atom. The normalized spacial score (nSPS) is 34.2. The van der Waals surface area contributed by atoms with Crippen LogP contribution in [-0.2, 0) is 9.59 Å². The molecule has 1 unspecified atom stereocenters. The van der Waals surface area contributed by atoms with E-state index < -0.39 is 11.9 Å². The number of aliphatic carboxylic acids is 1. The number of amides is 1. The second-order valence-electron chi connectivity index (χ2n) is 6.32. The molecule has 0 aromatic heterocycles. The molecular weight excluding hydrogens is 230 g/mol. The van der Waals surface area contributed by atoms with E-state index in [-0.39, 0.29) is 17.2 Å². The Balaban J connectivity index is 2.02. The molecule has 0 spiro atoms. The van der Waals surface area contributed by atoms with Crippen molar-refractivity contribution in [3.63, 3.8) is 0 Å². The second-order valence-corrected chi connectivity index (χ2v) is 6.32. The van der Waals surface area contributed by atoms with Crippen LogP contribution in [0.1, 0.15) is 40.0 Å². The predicted molar refractivity (Wildman–Crippen MR) is 68.0 cm³/mol. The monoisotopic (exact) mass is 253 g/mol. The molecular formula is C14H23NO3. The number of carboxylic acid groups (broad SMARTS) is 1. The summed E-state index contributed by atoms with van der Waals surface area (Å²) in [6.45, 7) is 7.54. The Morgan fingerprint density at radius 1 is 1.33 bits per heavy atom. The molecule has 102 valence electrons. The lowest BCUT2D eigenvalue weighted by Gasteiger charge is -2.32. The fourth-order valence-corrected chi connectivity index (χ4v) is 3.35. The highest BCUT2D eigenvalue weighted by Crippen LogP contribution is 2.59. The van der Waals surface area contributed by atoms with Gasteiger partial charge in [0.25, 0.3) is 0 Å². The summed E-state index contributed by atoms with van der Waals surface area (Å²) in [5.41, 5.74) is -0.373. The van der Waals surface area contributed by atoms with Crippen LogP contribution in [0.4, 0.5) is 0 Å². The highest BCUT2D eigenvalue weighted by atomic mass is 16.4. The number of hydrogen-bond donors (Lipinski definition) is 1. The summed E-state index contributed by atoms with van der Waals surface area (Å²) in [5.74, 6) is -0.988. The summed E-state index contributed by atoms with van der Waals surface area (Å²) in [5, 5.41) is 9.13. The lowest BCUT2D eigenvalue weighted by Crippen LogP contribution is -2.41. The molecule has 1 heterocycles. The van der Waals surface area contributed by atoms with E-state index in [1.54, 1.807) is 0 Å². The van der Waals surface area contributed by atoms with Gasteiger partial charge in [0.2, 0.25) is 5.91 Å². The van der Waals surface area contributed by atoms with Gasteiger partial charge in [0.1, 0.15) is 0 Å². The van der Waals surface area contributed by atoms with Crippen LogP contribution in [0.25, 0.3) is 0 Å². The summed E-state index contributed by atoms with van der Waals surface area (Å²) in [6, 6.07) is 0. The smallest absolute Gasteiger partial charge is 0.307 e. The van der Waals surface area contributed by atoms with Gasteiger partial charge in [-0.3, -0.25) is 9.59 Å². The number of hydrogen-bond acceptors (Lipinski definition) is 2. The average molecular weight is 253 g/mol. The molecule has 0 aromatic rings. The molecule has 1 saturated carbocycles. The zero-order valence-corrected chi connectivity index (χ0v) is 11.5. The molecule has 0 aromatic carbocycles. The first-order valence-electron chi connectivity index (χ1n) is 6.91. The van der Waals surface area contributed by atoms with Gasteiger partial charge < -0.3 is 10.0 Å².